The van der Waals surface area contributed by atoms with E-state index in [-0.39, 0.29) is 35.5 Å². The van der Waals surface area contributed by atoms with Crippen molar-refractivity contribution in [1.29, 1.82) is 0 Å². The quantitative estimate of drug-likeness (QED) is 0.124. The van der Waals surface area contributed by atoms with Gasteiger partial charge in [-0.3, -0.25) is 37.7 Å². The number of ether oxygens (including phenoxy) is 2. The van der Waals surface area contributed by atoms with E-state index in [4.69, 9.17) is 24.3 Å². The highest BCUT2D eigenvalue weighted by molar-refractivity contribution is 7.47. The Morgan fingerprint density at radius 3 is 2.55 bits per heavy atom. The van der Waals surface area contributed by atoms with Crippen molar-refractivity contribution in [3.8, 4) is 0 Å². The van der Waals surface area contributed by atoms with Crippen LogP contribution in [0.25, 0.3) is 11.2 Å². The second-order valence-electron chi connectivity index (χ2n) is 9.14. The molecule has 2 aliphatic rings. The molecule has 7 atom stereocenters. The molecule has 5 rings (SSSR count). The van der Waals surface area contributed by atoms with E-state index in [1.807, 2.05) is 4.98 Å². The first-order valence-electron chi connectivity index (χ1n) is 11.9. The number of nitrogens with one attached hydrogen (secondary N) is 2. The van der Waals surface area contributed by atoms with Gasteiger partial charge in [0, 0.05) is 19.0 Å². The van der Waals surface area contributed by atoms with Gasteiger partial charge < -0.3 is 35.4 Å². The van der Waals surface area contributed by atoms with Crippen LogP contribution in [0.5, 0.6) is 0 Å². The predicted molar refractivity (Wildman–Crippen MR) is 131 cm³/mol. The molecule has 3 aromatic rings. The number of nitrogens with zero attached hydrogens (tertiary/aromatic N) is 4. The minimum Gasteiger partial charge on any atom is -0.394 e. The Labute approximate surface area is 222 Å². The van der Waals surface area contributed by atoms with E-state index >= 15 is 0 Å². The zero-order valence-electron chi connectivity index (χ0n) is 20.5. The SMILES string of the molecule is Nc1nc2c(ncn2[C@H]2C[C@H](O)[C@@H](COP(=O)(O)O[C@H]3C[C@H](n4cc(CO)c(=O)[nH]c4=O)O[C@@H]3CO)O2)c(=O)[nH]1. The number of nitrogens with two attached hydrogens (primary N) is 1. The Kier molecular flexibility index (Phi) is 7.75. The van der Waals surface area contributed by atoms with Gasteiger partial charge >= 0.3 is 13.5 Å². The van der Waals surface area contributed by atoms with Crippen molar-refractivity contribution in [2.45, 2.75) is 56.3 Å². The zero-order valence-corrected chi connectivity index (χ0v) is 21.4. The molecular weight excluding hydrogens is 561 g/mol. The van der Waals surface area contributed by atoms with E-state index in [2.05, 4.69) is 15.0 Å². The molecular formula is C20H26N7O12P. The first kappa shape index (κ1) is 28.3. The van der Waals surface area contributed by atoms with Crippen molar-refractivity contribution in [1.82, 2.24) is 29.1 Å². The molecule has 0 aliphatic carbocycles. The van der Waals surface area contributed by atoms with Crippen molar-refractivity contribution in [2.75, 3.05) is 18.9 Å². The largest absolute Gasteiger partial charge is 0.472 e. The minimum atomic E-state index is -4.82. The van der Waals surface area contributed by atoms with Crippen LogP contribution in [0.4, 0.5) is 5.95 Å². The van der Waals surface area contributed by atoms with Gasteiger partial charge in [0.25, 0.3) is 11.1 Å². The Morgan fingerprint density at radius 1 is 1.10 bits per heavy atom. The molecule has 40 heavy (non-hydrogen) atoms. The summed E-state index contributed by atoms with van der Waals surface area (Å²) in [5.41, 5.74) is 3.41. The second-order valence-corrected chi connectivity index (χ2v) is 10.5. The van der Waals surface area contributed by atoms with E-state index in [0.29, 0.717) is 0 Å². The molecule has 2 fully saturated rings. The molecule has 5 heterocycles. The van der Waals surface area contributed by atoms with Crippen LogP contribution in [0, 0.1) is 0 Å². The number of aliphatic hydroxyl groups excluding tert-OH is 3. The van der Waals surface area contributed by atoms with E-state index in [0.717, 1.165) is 10.8 Å². The van der Waals surface area contributed by atoms with E-state index in [1.165, 1.54) is 10.9 Å². The fourth-order valence-corrected chi connectivity index (χ4v) is 5.52. The monoisotopic (exact) mass is 587 g/mol. The molecule has 2 aliphatic heterocycles. The maximum Gasteiger partial charge on any atom is 0.472 e. The normalized spacial score (nSPS) is 28.3. The van der Waals surface area contributed by atoms with Gasteiger partial charge in [0.05, 0.1) is 37.8 Å². The lowest BCUT2D eigenvalue weighted by atomic mass is 10.2. The Bertz CT molecular complexity index is 1620. The van der Waals surface area contributed by atoms with Crippen molar-refractivity contribution >= 4 is 24.9 Å². The maximum atomic E-state index is 12.7. The van der Waals surface area contributed by atoms with Gasteiger partial charge in [-0.25, -0.2) is 14.3 Å². The number of H-pyrrole nitrogens is 2. The molecule has 1 unspecified atom stereocenters. The number of nitrogen functional groups attached to an aromatic ring is 1. The lowest BCUT2D eigenvalue weighted by molar-refractivity contribution is -0.0564. The van der Waals surface area contributed by atoms with E-state index in [1.54, 1.807) is 0 Å². The highest BCUT2D eigenvalue weighted by Crippen LogP contribution is 2.49. The van der Waals surface area contributed by atoms with Crippen LogP contribution in [0.3, 0.4) is 0 Å². The number of phosphoric ester groups is 1. The van der Waals surface area contributed by atoms with Gasteiger partial charge in [-0.15, -0.1) is 0 Å². The number of phosphoric acid groups is 1. The third-order valence-electron chi connectivity index (χ3n) is 6.52. The van der Waals surface area contributed by atoms with Crippen LogP contribution >= 0.6 is 7.82 Å². The summed E-state index contributed by atoms with van der Waals surface area (Å²) < 4.78 is 36.6. The smallest absolute Gasteiger partial charge is 0.394 e. The summed E-state index contributed by atoms with van der Waals surface area (Å²) in [4.78, 5) is 58.6. The molecule has 2 saturated heterocycles. The van der Waals surface area contributed by atoms with E-state index in [9.17, 15) is 39.2 Å². The topological polar surface area (TPSA) is 279 Å². The third-order valence-corrected chi connectivity index (χ3v) is 7.53. The molecule has 8 N–H and O–H groups in total. The molecule has 3 aromatic heterocycles. The predicted octanol–water partition coefficient (Wildman–Crippen LogP) is -2.83. The van der Waals surface area contributed by atoms with Gasteiger partial charge in [-0.05, 0) is 0 Å². The summed E-state index contributed by atoms with van der Waals surface area (Å²) >= 11 is 0. The van der Waals surface area contributed by atoms with Gasteiger partial charge in [0.1, 0.15) is 30.8 Å². The number of anilines is 1. The molecule has 20 heteroatoms. The number of hydrogen-bond acceptors (Lipinski definition) is 14. The lowest BCUT2D eigenvalue weighted by Crippen LogP contribution is -2.34. The number of imidazole rings is 1. The molecule has 0 bridgehead atoms. The summed E-state index contributed by atoms with van der Waals surface area (Å²) in [5.74, 6) is -0.144. The molecule has 218 valence electrons. The lowest BCUT2D eigenvalue weighted by Gasteiger charge is -2.21. The Hall–Kier alpha value is -3.26. The van der Waals surface area contributed by atoms with Crippen LogP contribution < -0.4 is 22.5 Å². The number of aromatic amines is 2. The summed E-state index contributed by atoms with van der Waals surface area (Å²) in [6, 6.07) is 0. The fourth-order valence-electron chi connectivity index (χ4n) is 4.56. The Balaban J connectivity index is 1.23. The second kappa shape index (κ2) is 11.0. The maximum absolute atomic E-state index is 12.7. The fraction of sp³-hybridized carbons (Fsp3) is 0.550. The van der Waals surface area contributed by atoms with Crippen molar-refractivity contribution in [3.63, 3.8) is 0 Å². The summed E-state index contributed by atoms with van der Waals surface area (Å²) in [6.45, 7) is -1.87. The van der Waals surface area contributed by atoms with Crippen LogP contribution in [0.1, 0.15) is 30.9 Å². The van der Waals surface area contributed by atoms with Crippen LogP contribution in [0.15, 0.2) is 26.9 Å². The molecule has 0 aromatic carbocycles. The minimum absolute atomic E-state index is 0.00693. The van der Waals surface area contributed by atoms with Gasteiger partial charge in [-0.2, -0.15) is 4.98 Å². The van der Waals surface area contributed by atoms with Crippen LogP contribution in [0.2, 0.25) is 0 Å². The zero-order chi connectivity index (χ0) is 28.8. The summed E-state index contributed by atoms with van der Waals surface area (Å²) in [6.07, 6.45) is -4.32. The number of rotatable bonds is 9. The number of aromatic nitrogens is 6. The standard InChI is InChI=1S/C20H26N7O12P/c21-19-23-16-15(18(32)24-19)22-7-27(16)13-1-9(30)12(38-13)6-36-40(34,35)39-10-2-14(37-11(10)5-29)26-3-8(4-28)17(31)25-20(26)33/h3,7,9-14,28-30H,1-2,4-6H2,(H,34,35)(H,25,31,33)(H3,21,23,24,32)/t9-,10-,11+,12+,13+,14+/m0/s1. The van der Waals surface area contributed by atoms with Gasteiger partial charge in [-0.1, -0.05) is 0 Å². The van der Waals surface area contributed by atoms with Crippen LogP contribution in [-0.2, 0) is 29.7 Å². The molecule has 0 saturated carbocycles. The summed E-state index contributed by atoms with van der Waals surface area (Å²) in [5, 5.41) is 29.4. The third kappa shape index (κ3) is 5.51. The molecule has 19 nitrogen and oxygen atoms in total. The Morgan fingerprint density at radius 2 is 1.82 bits per heavy atom. The van der Waals surface area contributed by atoms with Crippen molar-refractivity contribution in [3.05, 3.63) is 49.3 Å². The average Bonchev–Trinajstić information content (AvgIpc) is 3.59. The first-order chi connectivity index (χ1) is 19.0. The molecule has 0 amide bonds. The molecule has 0 radical (unpaired) electrons. The van der Waals surface area contributed by atoms with Gasteiger partial charge in [0.15, 0.2) is 11.2 Å². The average molecular weight is 587 g/mol. The number of aliphatic hydroxyl groups is 3. The number of hydrogen-bond donors (Lipinski definition) is 7. The van der Waals surface area contributed by atoms with Crippen molar-refractivity contribution < 1.29 is 43.3 Å². The van der Waals surface area contributed by atoms with E-state index < -0.39 is 81.3 Å². The first-order valence-corrected chi connectivity index (χ1v) is 13.4. The van der Waals surface area contributed by atoms with Crippen molar-refractivity contribution in [2.24, 2.45) is 0 Å². The van der Waals surface area contributed by atoms with Crippen LogP contribution in [-0.4, -0.2) is 86.9 Å². The summed E-state index contributed by atoms with van der Waals surface area (Å²) in [7, 11) is -4.82. The molecule has 0 spiro atoms. The highest BCUT2D eigenvalue weighted by atomic mass is 31.2. The van der Waals surface area contributed by atoms with Gasteiger partial charge in [0.2, 0.25) is 5.95 Å². The number of fused-ring (bicyclic) bond motifs is 1. The highest BCUT2D eigenvalue weighted by Gasteiger charge is 2.43.